The maximum absolute atomic E-state index is 11.0. The molecule has 1 aliphatic heterocycles. The lowest BCUT2D eigenvalue weighted by Gasteiger charge is -2.26. The number of halogens is 1. The summed E-state index contributed by atoms with van der Waals surface area (Å²) in [4.78, 5) is 23.5. The second-order valence-electron chi connectivity index (χ2n) is 4.74. The molecule has 1 aromatic rings. The van der Waals surface area contributed by atoms with E-state index in [2.05, 4.69) is 4.90 Å². The van der Waals surface area contributed by atoms with E-state index in [9.17, 15) is 14.9 Å². The van der Waals surface area contributed by atoms with E-state index in [-0.39, 0.29) is 23.7 Å². The monoisotopic (exact) mass is 300 g/mol. The molecule has 0 saturated carbocycles. The average Bonchev–Trinajstić information content (AvgIpc) is 2.39. The van der Waals surface area contributed by atoms with Crippen LogP contribution >= 0.6 is 12.4 Å². The zero-order valence-electron chi connectivity index (χ0n) is 10.9. The highest BCUT2D eigenvalue weighted by molar-refractivity contribution is 5.88. The number of hydrogen-bond donors (Lipinski definition) is 1. The van der Waals surface area contributed by atoms with Crippen LogP contribution in [-0.4, -0.2) is 34.0 Å². The predicted octanol–water partition coefficient (Wildman–Crippen LogP) is 2.70. The molecule has 1 saturated heterocycles. The summed E-state index contributed by atoms with van der Waals surface area (Å²) in [5.41, 5.74) is 0.427. The van der Waals surface area contributed by atoms with Crippen molar-refractivity contribution in [3.05, 3.63) is 39.4 Å². The van der Waals surface area contributed by atoms with Crippen LogP contribution in [0.4, 0.5) is 5.69 Å². The van der Waals surface area contributed by atoms with Crippen molar-refractivity contribution in [1.82, 2.24) is 4.90 Å². The van der Waals surface area contributed by atoms with Crippen LogP contribution < -0.4 is 0 Å². The molecule has 6 nitrogen and oxygen atoms in total. The van der Waals surface area contributed by atoms with Crippen LogP contribution in [0.5, 0.6) is 0 Å². The lowest BCUT2D eigenvalue weighted by atomic mass is 10.1. The van der Waals surface area contributed by atoms with Crippen molar-refractivity contribution in [3.8, 4) is 0 Å². The smallest absolute Gasteiger partial charge is 0.335 e. The Balaban J connectivity index is 0.00000200. The molecule has 2 rings (SSSR count). The zero-order valence-corrected chi connectivity index (χ0v) is 11.8. The number of hydrogen-bond acceptors (Lipinski definition) is 4. The Morgan fingerprint density at radius 1 is 1.30 bits per heavy atom. The fourth-order valence-corrected chi connectivity index (χ4v) is 2.36. The number of carboxylic acids is 1. The van der Waals surface area contributed by atoms with E-state index in [1.54, 1.807) is 6.07 Å². The van der Waals surface area contributed by atoms with E-state index >= 15 is 0 Å². The maximum atomic E-state index is 11.0. The Labute approximate surface area is 123 Å². The summed E-state index contributed by atoms with van der Waals surface area (Å²) < 4.78 is 0. The highest BCUT2D eigenvalue weighted by atomic mass is 35.5. The lowest BCUT2D eigenvalue weighted by Crippen LogP contribution is -2.29. The number of nitro groups is 1. The number of carboxylic acid groups (broad SMARTS) is 1. The van der Waals surface area contributed by atoms with Gasteiger partial charge >= 0.3 is 5.97 Å². The van der Waals surface area contributed by atoms with Gasteiger partial charge in [0.1, 0.15) is 0 Å². The molecule has 0 aromatic heterocycles. The molecule has 0 atom stereocenters. The third kappa shape index (κ3) is 3.91. The largest absolute Gasteiger partial charge is 0.478 e. The Morgan fingerprint density at radius 3 is 2.50 bits per heavy atom. The van der Waals surface area contributed by atoms with Crippen molar-refractivity contribution in [2.45, 2.75) is 25.8 Å². The molecule has 1 N–H and O–H groups in total. The highest BCUT2D eigenvalue weighted by Crippen LogP contribution is 2.23. The third-order valence-corrected chi connectivity index (χ3v) is 3.37. The van der Waals surface area contributed by atoms with Gasteiger partial charge in [0.2, 0.25) is 0 Å². The molecule has 110 valence electrons. The normalized spacial score (nSPS) is 15.4. The summed E-state index contributed by atoms with van der Waals surface area (Å²) in [7, 11) is 0. The number of aromatic carboxylic acids is 1. The SMILES string of the molecule is Cl.O=C(O)c1ccc(CN2CCCCC2)c([N+](=O)[O-])c1. The predicted molar refractivity (Wildman–Crippen MR) is 76.4 cm³/mol. The standard InChI is InChI=1S/C13H16N2O4.ClH/c16-13(17)10-4-5-11(12(8-10)15(18)19)9-14-6-2-1-3-7-14;/h4-5,8H,1-3,6-7,9H2,(H,16,17);1H. The minimum absolute atomic E-state index is 0. The summed E-state index contributed by atoms with van der Waals surface area (Å²) in [6, 6.07) is 4.12. The van der Waals surface area contributed by atoms with Crippen LogP contribution in [0.15, 0.2) is 18.2 Å². The molecule has 0 amide bonds. The minimum Gasteiger partial charge on any atom is -0.478 e. The summed E-state index contributed by atoms with van der Waals surface area (Å²) in [6.45, 7) is 2.39. The van der Waals surface area contributed by atoms with E-state index in [0.717, 1.165) is 32.0 Å². The van der Waals surface area contributed by atoms with Gasteiger partial charge in [0, 0.05) is 18.2 Å². The van der Waals surface area contributed by atoms with Gasteiger partial charge in [-0.05, 0) is 32.0 Å². The molecule has 1 aliphatic rings. The number of nitro benzene ring substituents is 1. The molecule has 0 unspecified atom stereocenters. The quantitative estimate of drug-likeness (QED) is 0.682. The van der Waals surface area contributed by atoms with E-state index < -0.39 is 10.9 Å². The van der Waals surface area contributed by atoms with Crippen molar-refractivity contribution in [2.24, 2.45) is 0 Å². The van der Waals surface area contributed by atoms with Crippen LogP contribution in [0.3, 0.4) is 0 Å². The fourth-order valence-electron chi connectivity index (χ4n) is 2.36. The molecule has 7 heteroatoms. The third-order valence-electron chi connectivity index (χ3n) is 3.37. The van der Waals surface area contributed by atoms with E-state index in [4.69, 9.17) is 5.11 Å². The fraction of sp³-hybridized carbons (Fsp3) is 0.462. The first-order chi connectivity index (χ1) is 9.08. The number of piperidine rings is 1. The Kier molecular flexibility index (Phi) is 5.91. The van der Waals surface area contributed by atoms with Gasteiger partial charge in [0.25, 0.3) is 5.69 Å². The van der Waals surface area contributed by atoms with Crippen molar-refractivity contribution >= 4 is 24.1 Å². The maximum Gasteiger partial charge on any atom is 0.335 e. The number of nitrogens with zero attached hydrogens (tertiary/aromatic N) is 2. The number of benzene rings is 1. The molecule has 0 bridgehead atoms. The topological polar surface area (TPSA) is 83.7 Å². The Morgan fingerprint density at radius 2 is 1.95 bits per heavy atom. The van der Waals surface area contributed by atoms with Crippen molar-refractivity contribution in [3.63, 3.8) is 0 Å². The van der Waals surface area contributed by atoms with Crippen LogP contribution in [0.25, 0.3) is 0 Å². The van der Waals surface area contributed by atoms with Gasteiger partial charge in [-0.25, -0.2) is 4.79 Å². The molecule has 0 radical (unpaired) electrons. The average molecular weight is 301 g/mol. The lowest BCUT2D eigenvalue weighted by molar-refractivity contribution is -0.385. The van der Waals surface area contributed by atoms with Gasteiger partial charge in [0.15, 0.2) is 0 Å². The van der Waals surface area contributed by atoms with Crippen molar-refractivity contribution < 1.29 is 14.8 Å². The molecule has 1 heterocycles. The number of carbonyl (C=O) groups is 1. The molecule has 0 spiro atoms. The van der Waals surface area contributed by atoms with E-state index in [1.165, 1.54) is 12.5 Å². The molecule has 20 heavy (non-hydrogen) atoms. The summed E-state index contributed by atoms with van der Waals surface area (Å²) in [5, 5.41) is 19.9. The minimum atomic E-state index is -1.15. The summed E-state index contributed by atoms with van der Waals surface area (Å²) in [5.74, 6) is -1.15. The Hall–Kier alpha value is -1.66. The highest BCUT2D eigenvalue weighted by Gasteiger charge is 2.20. The summed E-state index contributed by atoms with van der Waals surface area (Å²) in [6.07, 6.45) is 3.43. The van der Waals surface area contributed by atoms with Crippen LogP contribution in [0, 0.1) is 10.1 Å². The molecule has 1 fully saturated rings. The van der Waals surface area contributed by atoms with Crippen LogP contribution in [-0.2, 0) is 6.54 Å². The zero-order chi connectivity index (χ0) is 13.8. The van der Waals surface area contributed by atoms with Crippen LogP contribution in [0.1, 0.15) is 35.2 Å². The molecule has 1 aromatic carbocycles. The van der Waals surface area contributed by atoms with E-state index in [0.29, 0.717) is 12.1 Å². The first-order valence-corrected chi connectivity index (χ1v) is 6.31. The van der Waals surface area contributed by atoms with Gasteiger partial charge in [-0.2, -0.15) is 0 Å². The van der Waals surface area contributed by atoms with Gasteiger partial charge in [-0.1, -0.05) is 12.5 Å². The van der Waals surface area contributed by atoms with Crippen LogP contribution in [0.2, 0.25) is 0 Å². The van der Waals surface area contributed by atoms with Gasteiger partial charge in [-0.15, -0.1) is 12.4 Å². The molecular formula is C13H17ClN2O4. The van der Waals surface area contributed by atoms with Gasteiger partial charge in [-0.3, -0.25) is 15.0 Å². The van der Waals surface area contributed by atoms with E-state index in [1.807, 2.05) is 0 Å². The first kappa shape index (κ1) is 16.4. The van der Waals surface area contributed by atoms with Crippen molar-refractivity contribution in [2.75, 3.05) is 13.1 Å². The molecule has 0 aliphatic carbocycles. The summed E-state index contributed by atoms with van der Waals surface area (Å²) >= 11 is 0. The van der Waals surface area contributed by atoms with Gasteiger partial charge in [0.05, 0.1) is 10.5 Å². The Bertz CT molecular complexity index is 501. The molecular weight excluding hydrogens is 284 g/mol. The van der Waals surface area contributed by atoms with Crippen molar-refractivity contribution in [1.29, 1.82) is 0 Å². The second-order valence-corrected chi connectivity index (χ2v) is 4.74. The number of likely N-dealkylation sites (tertiary alicyclic amines) is 1. The second kappa shape index (κ2) is 7.21. The van der Waals surface area contributed by atoms with Gasteiger partial charge < -0.3 is 5.11 Å². The number of rotatable bonds is 4. The first-order valence-electron chi connectivity index (χ1n) is 6.31.